The molecular weight excluding hydrogens is 306 g/mol. The maximum atomic E-state index is 9.08. The molecule has 132 valence electrons. The molecule has 0 rings (SSSR count). The molecule has 22 heavy (non-hydrogen) atoms. The second-order valence-corrected chi connectivity index (χ2v) is 6.24. The monoisotopic (exact) mass is 337 g/mol. The quantitative estimate of drug-likeness (QED) is 0.233. The summed E-state index contributed by atoms with van der Waals surface area (Å²) < 4.78 is 39.1. The van der Waals surface area contributed by atoms with Crippen molar-refractivity contribution in [3.8, 4) is 0 Å². The largest absolute Gasteiger partial charge is 0.748 e. The number of nitrogens with zero attached hydrogens (tertiary/aromatic N) is 1. The van der Waals surface area contributed by atoms with Crippen molar-refractivity contribution >= 4 is 10.1 Å². The van der Waals surface area contributed by atoms with Crippen LogP contribution in [0.25, 0.3) is 0 Å². The molecule has 0 unspecified atom stereocenters. The zero-order valence-corrected chi connectivity index (χ0v) is 14.9. The van der Waals surface area contributed by atoms with Crippen LogP contribution in [0.4, 0.5) is 0 Å². The minimum atomic E-state index is -3.92. The van der Waals surface area contributed by atoms with E-state index in [1.165, 1.54) is 0 Å². The van der Waals surface area contributed by atoms with E-state index in [4.69, 9.17) is 22.4 Å². The van der Waals surface area contributed by atoms with Gasteiger partial charge in [0, 0.05) is 19.5 Å². The first-order valence-corrected chi connectivity index (χ1v) is 9.19. The van der Waals surface area contributed by atoms with E-state index >= 15 is 0 Å². The Morgan fingerprint density at radius 2 is 1.32 bits per heavy atom. The summed E-state index contributed by atoms with van der Waals surface area (Å²) in [6.07, 6.45) is 4.55. The van der Waals surface area contributed by atoms with Crippen molar-refractivity contribution < 1.29 is 26.9 Å². The van der Waals surface area contributed by atoms with Crippen LogP contribution in [-0.4, -0.2) is 76.3 Å². The molecule has 7 heteroatoms. The Bertz CT molecular complexity index is 351. The van der Waals surface area contributed by atoms with Crippen LogP contribution < -0.4 is 0 Å². The molecule has 0 fully saturated rings. The zero-order valence-electron chi connectivity index (χ0n) is 14.1. The van der Waals surface area contributed by atoms with Gasteiger partial charge in [0.25, 0.3) is 0 Å². The maximum Gasteiger partial charge on any atom is 0.103 e. The molecule has 0 radical (unpaired) electrons. The molecular formula is C15H31NO5S. The van der Waals surface area contributed by atoms with E-state index in [1.807, 2.05) is 26.0 Å². The number of quaternary nitrogens is 1. The van der Waals surface area contributed by atoms with Gasteiger partial charge >= 0.3 is 0 Å². The minimum absolute atomic E-state index is 0.604. The highest BCUT2D eigenvalue weighted by Gasteiger charge is 2.23. The second kappa shape index (κ2) is 13.9. The normalized spacial score (nSPS) is 11.5. The lowest BCUT2D eigenvalue weighted by molar-refractivity contribution is -0.918. The minimum Gasteiger partial charge on any atom is -0.748 e. The first kappa shape index (κ1) is 23.5. The topological polar surface area (TPSA) is 75.7 Å². The molecule has 6 nitrogen and oxygen atoms in total. The zero-order chi connectivity index (χ0) is 17.5. The molecule has 0 aromatic rings. The molecule has 0 spiro atoms. The smallest absolute Gasteiger partial charge is 0.103 e. The van der Waals surface area contributed by atoms with Crippen molar-refractivity contribution in [2.75, 3.05) is 58.9 Å². The van der Waals surface area contributed by atoms with E-state index in [1.54, 1.807) is 0 Å². The predicted molar refractivity (Wildman–Crippen MR) is 88.7 cm³/mol. The third kappa shape index (κ3) is 17.3. The van der Waals surface area contributed by atoms with Crippen molar-refractivity contribution in [3.05, 3.63) is 25.3 Å². The van der Waals surface area contributed by atoms with Gasteiger partial charge in [0.05, 0.1) is 36.4 Å². The van der Waals surface area contributed by atoms with E-state index in [0.29, 0.717) is 6.26 Å². The summed E-state index contributed by atoms with van der Waals surface area (Å²) in [5, 5.41) is 0. The fourth-order valence-electron chi connectivity index (χ4n) is 1.90. The third-order valence-corrected chi connectivity index (χ3v) is 2.86. The summed E-state index contributed by atoms with van der Waals surface area (Å²) in [5.74, 6) is 0. The summed E-state index contributed by atoms with van der Waals surface area (Å²) in [4.78, 5) is 0. The molecule has 0 aliphatic carbocycles. The second-order valence-electron chi connectivity index (χ2n) is 4.83. The van der Waals surface area contributed by atoms with Crippen LogP contribution >= 0.6 is 0 Å². The van der Waals surface area contributed by atoms with E-state index in [2.05, 4.69) is 13.2 Å². The van der Waals surface area contributed by atoms with Crippen LogP contribution in [0.5, 0.6) is 0 Å². The van der Waals surface area contributed by atoms with Crippen molar-refractivity contribution in [2.45, 2.75) is 13.8 Å². The van der Waals surface area contributed by atoms with Crippen molar-refractivity contribution in [2.24, 2.45) is 0 Å². The molecule has 0 aliphatic rings. The Balaban J connectivity index is 0. The molecule has 0 saturated carbocycles. The van der Waals surface area contributed by atoms with Crippen LogP contribution in [0.1, 0.15) is 13.8 Å². The SMILES string of the molecule is C=CC[N+](CC=C)(CCOCC)CCOCC.CS(=O)(=O)[O-]. The highest BCUT2D eigenvalue weighted by atomic mass is 32.2. The molecule has 0 N–H and O–H groups in total. The standard InChI is InChI=1S/C14H28NO2.CH4O3S/c1-5-9-15(10-6-2,11-13-16-7-3)12-14-17-8-4;1-5(2,3)4/h5-6H,1-2,7-14H2,3-4H3;1H3,(H,2,3,4)/q+1;/p-1. The molecule has 0 bridgehead atoms. The van der Waals surface area contributed by atoms with Crippen LogP contribution in [0.3, 0.4) is 0 Å². The molecule has 0 aromatic heterocycles. The van der Waals surface area contributed by atoms with Crippen molar-refractivity contribution in [1.82, 2.24) is 0 Å². The van der Waals surface area contributed by atoms with Crippen LogP contribution in [-0.2, 0) is 19.6 Å². The van der Waals surface area contributed by atoms with Gasteiger partial charge in [-0.1, -0.05) is 13.2 Å². The summed E-state index contributed by atoms with van der Waals surface area (Å²) in [6.45, 7) is 18.7. The van der Waals surface area contributed by atoms with Gasteiger partial charge in [0.1, 0.15) is 13.1 Å². The highest BCUT2D eigenvalue weighted by molar-refractivity contribution is 7.84. The molecule has 0 amide bonds. The molecule has 0 saturated heterocycles. The third-order valence-electron chi connectivity index (χ3n) is 2.86. The van der Waals surface area contributed by atoms with Gasteiger partial charge in [-0.2, -0.15) is 0 Å². The Kier molecular flexibility index (Phi) is 14.9. The van der Waals surface area contributed by atoms with Gasteiger partial charge in [0.2, 0.25) is 0 Å². The lowest BCUT2D eigenvalue weighted by atomic mass is 10.3. The number of ether oxygens (including phenoxy) is 2. The lowest BCUT2D eigenvalue weighted by Crippen LogP contribution is -2.52. The molecule has 0 aromatic carbocycles. The van der Waals surface area contributed by atoms with Crippen LogP contribution in [0, 0.1) is 0 Å². The van der Waals surface area contributed by atoms with Crippen molar-refractivity contribution in [3.63, 3.8) is 0 Å². The van der Waals surface area contributed by atoms with Gasteiger partial charge in [0.15, 0.2) is 0 Å². The van der Waals surface area contributed by atoms with E-state index in [0.717, 1.165) is 57.1 Å². The molecule has 0 atom stereocenters. The number of rotatable bonds is 12. The van der Waals surface area contributed by atoms with Crippen LogP contribution in [0.15, 0.2) is 25.3 Å². The van der Waals surface area contributed by atoms with Gasteiger partial charge in [-0.05, 0) is 26.0 Å². The van der Waals surface area contributed by atoms with E-state index < -0.39 is 10.1 Å². The van der Waals surface area contributed by atoms with Crippen LogP contribution in [0.2, 0.25) is 0 Å². The predicted octanol–water partition coefficient (Wildman–Crippen LogP) is 1.41. The van der Waals surface area contributed by atoms with Gasteiger partial charge in [-0.25, -0.2) is 8.42 Å². The fraction of sp³-hybridized carbons (Fsp3) is 0.733. The first-order chi connectivity index (χ1) is 10.2. The Morgan fingerprint density at radius 3 is 1.55 bits per heavy atom. The van der Waals surface area contributed by atoms with Gasteiger partial charge in [-0.3, -0.25) is 0 Å². The first-order valence-electron chi connectivity index (χ1n) is 7.38. The van der Waals surface area contributed by atoms with Gasteiger partial charge in [-0.15, -0.1) is 0 Å². The molecule has 0 heterocycles. The highest BCUT2D eigenvalue weighted by Crippen LogP contribution is 2.08. The maximum absolute atomic E-state index is 9.08. The summed E-state index contributed by atoms with van der Waals surface area (Å²) >= 11 is 0. The van der Waals surface area contributed by atoms with E-state index in [9.17, 15) is 0 Å². The lowest BCUT2D eigenvalue weighted by Gasteiger charge is -2.36. The van der Waals surface area contributed by atoms with E-state index in [-0.39, 0.29) is 0 Å². The Morgan fingerprint density at radius 1 is 1.00 bits per heavy atom. The average Bonchev–Trinajstić information content (AvgIpc) is 2.38. The fourth-order valence-corrected chi connectivity index (χ4v) is 1.90. The van der Waals surface area contributed by atoms with Gasteiger partial charge < -0.3 is 18.5 Å². The average molecular weight is 337 g/mol. The summed E-state index contributed by atoms with van der Waals surface area (Å²) in [5.41, 5.74) is 0. The summed E-state index contributed by atoms with van der Waals surface area (Å²) in [6, 6.07) is 0. The number of hydrogen-bond acceptors (Lipinski definition) is 5. The van der Waals surface area contributed by atoms with Crippen molar-refractivity contribution in [1.29, 1.82) is 0 Å². The Hall–Kier alpha value is -0.730. The molecule has 0 aliphatic heterocycles. The summed E-state index contributed by atoms with van der Waals surface area (Å²) in [7, 11) is -3.92. The number of hydrogen-bond donors (Lipinski definition) is 0. The Labute approximate surface area is 135 Å².